The van der Waals surface area contributed by atoms with Gasteiger partial charge in [-0.25, -0.2) is 4.79 Å². The third kappa shape index (κ3) is 6.20. The molecule has 0 saturated carbocycles. The highest BCUT2D eigenvalue weighted by atomic mass is 32.2. The summed E-state index contributed by atoms with van der Waals surface area (Å²) in [4.78, 5) is 26.0. The molecule has 5 nitrogen and oxygen atoms in total. The van der Waals surface area contributed by atoms with Crippen LogP contribution in [0.4, 0.5) is 0 Å². The van der Waals surface area contributed by atoms with Crippen molar-refractivity contribution in [2.24, 2.45) is 0 Å². The minimum Gasteiger partial charge on any atom is -0.511 e. The van der Waals surface area contributed by atoms with E-state index in [0.29, 0.717) is 38.2 Å². The van der Waals surface area contributed by atoms with E-state index in [9.17, 15) is 14.7 Å². The van der Waals surface area contributed by atoms with Crippen LogP contribution in [0.2, 0.25) is 0 Å². The molecule has 1 atom stereocenters. The molecule has 33 heavy (non-hydrogen) atoms. The molecule has 1 aliphatic heterocycles. The maximum absolute atomic E-state index is 13.2. The lowest BCUT2D eigenvalue weighted by Gasteiger charge is -2.37. The van der Waals surface area contributed by atoms with E-state index in [1.807, 2.05) is 54.6 Å². The topological polar surface area (TPSA) is 72.8 Å². The van der Waals surface area contributed by atoms with Gasteiger partial charge in [-0.15, -0.1) is 0 Å². The van der Waals surface area contributed by atoms with Crippen LogP contribution in [-0.4, -0.2) is 23.7 Å². The van der Waals surface area contributed by atoms with Crippen molar-refractivity contribution in [3.8, 4) is 0 Å². The predicted octanol–water partition coefficient (Wildman–Crippen LogP) is 6.64. The number of hydrogen-bond acceptors (Lipinski definition) is 6. The van der Waals surface area contributed by atoms with Gasteiger partial charge in [0.25, 0.3) is 0 Å². The first-order chi connectivity index (χ1) is 15.9. The lowest BCUT2D eigenvalue weighted by molar-refractivity contribution is -0.160. The number of unbranched alkanes of at least 4 members (excludes halogenated alkanes) is 1. The molecule has 0 bridgehead atoms. The number of carbonyl (C=O) groups excluding carboxylic acids is 2. The summed E-state index contributed by atoms with van der Waals surface area (Å²) in [6.07, 6.45) is 2.31. The number of rotatable bonds is 10. The van der Waals surface area contributed by atoms with Crippen molar-refractivity contribution in [1.82, 2.24) is 0 Å². The van der Waals surface area contributed by atoms with Crippen LogP contribution in [0.5, 0.6) is 0 Å². The zero-order chi connectivity index (χ0) is 23.8. The molecule has 0 amide bonds. The Kier molecular flexibility index (Phi) is 8.61. The fraction of sp³-hybridized carbons (Fsp3) is 0.407. The minimum absolute atomic E-state index is 0.0454. The quantitative estimate of drug-likeness (QED) is 0.311. The number of hydrogen-bond donors (Lipinski definition) is 1. The molecule has 0 fully saturated rings. The van der Waals surface area contributed by atoms with Gasteiger partial charge in [-0.2, -0.15) is 0 Å². The summed E-state index contributed by atoms with van der Waals surface area (Å²) in [5.41, 5.74) is 1.00. The zero-order valence-corrected chi connectivity index (χ0v) is 20.3. The molecule has 0 aliphatic carbocycles. The average Bonchev–Trinajstić information content (AvgIpc) is 2.80. The van der Waals surface area contributed by atoms with Crippen LogP contribution >= 0.6 is 11.8 Å². The van der Waals surface area contributed by atoms with Gasteiger partial charge in [0.1, 0.15) is 16.3 Å². The Balaban J connectivity index is 1.83. The summed E-state index contributed by atoms with van der Waals surface area (Å²) in [6, 6.07) is 17.4. The number of ether oxygens (including phenoxy) is 2. The molecule has 176 valence electrons. The fourth-order valence-corrected chi connectivity index (χ4v) is 5.19. The third-order valence-corrected chi connectivity index (χ3v) is 6.96. The van der Waals surface area contributed by atoms with Crippen molar-refractivity contribution in [3.63, 3.8) is 0 Å². The summed E-state index contributed by atoms with van der Waals surface area (Å²) >= 11 is 1.26. The molecule has 2 aromatic rings. The van der Waals surface area contributed by atoms with Crippen molar-refractivity contribution in [2.45, 2.75) is 69.3 Å². The van der Waals surface area contributed by atoms with Crippen molar-refractivity contribution in [1.29, 1.82) is 0 Å². The molecule has 0 radical (unpaired) electrons. The van der Waals surface area contributed by atoms with E-state index in [4.69, 9.17) is 9.47 Å². The Bertz CT molecular complexity index is 999. The number of benzene rings is 2. The van der Waals surface area contributed by atoms with Gasteiger partial charge in [0.15, 0.2) is 0 Å². The molecule has 0 spiro atoms. The molecule has 1 aliphatic rings. The normalized spacial score (nSPS) is 18.4. The van der Waals surface area contributed by atoms with Gasteiger partial charge in [-0.1, -0.05) is 74.1 Å². The van der Waals surface area contributed by atoms with Gasteiger partial charge < -0.3 is 14.6 Å². The van der Waals surface area contributed by atoms with E-state index in [2.05, 4.69) is 13.8 Å². The summed E-state index contributed by atoms with van der Waals surface area (Å²) < 4.78 is 11.1. The molecule has 6 heteroatoms. The van der Waals surface area contributed by atoms with Crippen molar-refractivity contribution in [2.75, 3.05) is 6.61 Å². The van der Waals surface area contributed by atoms with Gasteiger partial charge in [0.2, 0.25) is 0 Å². The van der Waals surface area contributed by atoms with Gasteiger partial charge in [0.05, 0.1) is 13.0 Å². The fourth-order valence-electron chi connectivity index (χ4n) is 4.09. The van der Waals surface area contributed by atoms with Crippen LogP contribution in [0.25, 0.3) is 0 Å². The molecular formula is C27H32O5S. The molecule has 1 heterocycles. The molecule has 0 saturated heterocycles. The zero-order valence-electron chi connectivity index (χ0n) is 19.5. The van der Waals surface area contributed by atoms with Gasteiger partial charge >= 0.3 is 11.9 Å². The van der Waals surface area contributed by atoms with Crippen LogP contribution in [0.15, 0.2) is 70.2 Å². The standard InChI is InChI=1S/C27H32O5S/c1-4-31-24(29)16-10-11-17-27(20-12-6-5-7-13-20)18-22(28)25(26(30)32-27)33-23-15-9-8-14-21(23)19(2)3/h5-9,12-15,19,28H,4,10-11,16-18H2,1-3H3. The number of aliphatic hydroxyl groups excluding tert-OH is 1. The molecule has 1 N–H and O–H groups in total. The van der Waals surface area contributed by atoms with E-state index < -0.39 is 11.6 Å². The molecule has 3 rings (SSSR count). The largest absolute Gasteiger partial charge is 0.511 e. The van der Waals surface area contributed by atoms with Gasteiger partial charge in [-0.05, 0) is 49.3 Å². The van der Waals surface area contributed by atoms with Crippen molar-refractivity contribution in [3.05, 3.63) is 76.4 Å². The second kappa shape index (κ2) is 11.4. The van der Waals surface area contributed by atoms with Crippen LogP contribution in [0, 0.1) is 0 Å². The van der Waals surface area contributed by atoms with E-state index in [0.717, 1.165) is 16.0 Å². The van der Waals surface area contributed by atoms with Crippen molar-refractivity contribution >= 4 is 23.7 Å². The van der Waals surface area contributed by atoms with E-state index in [-0.39, 0.29) is 23.1 Å². The summed E-state index contributed by atoms with van der Waals surface area (Å²) in [5.74, 6) is -0.406. The summed E-state index contributed by atoms with van der Waals surface area (Å²) in [5, 5.41) is 11.0. The third-order valence-electron chi connectivity index (χ3n) is 5.76. The van der Waals surface area contributed by atoms with Crippen molar-refractivity contribution < 1.29 is 24.2 Å². The highest BCUT2D eigenvalue weighted by molar-refractivity contribution is 8.04. The number of carbonyl (C=O) groups is 2. The Morgan fingerprint density at radius 2 is 1.82 bits per heavy atom. The monoisotopic (exact) mass is 468 g/mol. The van der Waals surface area contributed by atoms with Crippen LogP contribution < -0.4 is 0 Å². The van der Waals surface area contributed by atoms with Gasteiger partial charge in [0, 0.05) is 11.3 Å². The molecule has 1 unspecified atom stereocenters. The average molecular weight is 469 g/mol. The van der Waals surface area contributed by atoms with Crippen LogP contribution in [0.3, 0.4) is 0 Å². The number of esters is 2. The van der Waals surface area contributed by atoms with Crippen LogP contribution in [0.1, 0.15) is 69.9 Å². The lowest BCUT2D eigenvalue weighted by Crippen LogP contribution is -2.37. The highest BCUT2D eigenvalue weighted by Crippen LogP contribution is 2.46. The number of cyclic esters (lactones) is 1. The SMILES string of the molecule is CCOC(=O)CCCCC1(c2ccccc2)CC(O)=C(Sc2ccccc2C(C)C)C(=O)O1. The summed E-state index contributed by atoms with van der Waals surface area (Å²) in [7, 11) is 0. The maximum Gasteiger partial charge on any atom is 0.349 e. The Hall–Kier alpha value is -2.73. The Labute approximate surface area is 200 Å². The molecule has 2 aromatic carbocycles. The first-order valence-corrected chi connectivity index (χ1v) is 12.3. The van der Waals surface area contributed by atoms with Crippen LogP contribution in [-0.2, 0) is 24.7 Å². The number of thioether (sulfide) groups is 1. The Morgan fingerprint density at radius 3 is 2.48 bits per heavy atom. The number of aliphatic hydroxyl groups is 1. The maximum atomic E-state index is 13.2. The predicted molar refractivity (Wildman–Crippen MR) is 130 cm³/mol. The first kappa shape index (κ1) is 24.9. The molecular weight excluding hydrogens is 436 g/mol. The summed E-state index contributed by atoms with van der Waals surface area (Å²) in [6.45, 7) is 6.35. The molecule has 0 aromatic heterocycles. The Morgan fingerprint density at radius 1 is 1.12 bits per heavy atom. The smallest absolute Gasteiger partial charge is 0.349 e. The lowest BCUT2D eigenvalue weighted by atomic mass is 9.83. The second-order valence-corrected chi connectivity index (χ2v) is 9.56. The second-order valence-electron chi connectivity index (χ2n) is 8.51. The van der Waals surface area contributed by atoms with E-state index in [1.54, 1.807) is 6.92 Å². The highest BCUT2D eigenvalue weighted by Gasteiger charge is 2.43. The van der Waals surface area contributed by atoms with E-state index >= 15 is 0 Å². The van der Waals surface area contributed by atoms with E-state index in [1.165, 1.54) is 11.8 Å². The minimum atomic E-state index is -0.960. The first-order valence-electron chi connectivity index (χ1n) is 11.5. The van der Waals surface area contributed by atoms with Gasteiger partial charge in [-0.3, -0.25) is 4.79 Å².